The predicted molar refractivity (Wildman–Crippen MR) is 99.3 cm³/mol. The van der Waals surface area contributed by atoms with Crippen LogP contribution in [0.1, 0.15) is 11.1 Å². The number of nitriles is 1. The maximum absolute atomic E-state index is 11.2. The molecule has 0 bridgehead atoms. The van der Waals surface area contributed by atoms with Crippen molar-refractivity contribution in [3.05, 3.63) is 62.6 Å². The highest BCUT2D eigenvalue weighted by Gasteiger charge is 2.13. The van der Waals surface area contributed by atoms with E-state index in [1.54, 1.807) is 18.2 Å². The predicted octanol–water partition coefficient (Wildman–Crippen LogP) is 4.08. The summed E-state index contributed by atoms with van der Waals surface area (Å²) in [5, 5.41) is 9.22. The number of primary amides is 1. The second kappa shape index (κ2) is 8.56. The van der Waals surface area contributed by atoms with Crippen molar-refractivity contribution in [2.75, 3.05) is 7.11 Å². The number of nitrogens with zero attached hydrogens (tertiary/aromatic N) is 1. The number of halogens is 2. The Morgan fingerprint density at radius 1 is 1.36 bits per heavy atom. The number of hydrogen-bond donors (Lipinski definition) is 1. The fourth-order valence-electron chi connectivity index (χ4n) is 2.02. The topological polar surface area (TPSA) is 85.3 Å². The molecule has 0 spiro atoms. The summed E-state index contributed by atoms with van der Waals surface area (Å²) in [6.07, 6.45) is 1.34. The van der Waals surface area contributed by atoms with Gasteiger partial charge >= 0.3 is 0 Å². The Hall–Kier alpha value is -2.49. The molecule has 0 aliphatic carbocycles. The van der Waals surface area contributed by atoms with Gasteiger partial charge in [-0.3, -0.25) is 4.79 Å². The number of carbonyl (C=O) groups excluding carboxylic acids is 1. The van der Waals surface area contributed by atoms with Gasteiger partial charge in [0.25, 0.3) is 5.91 Å². The Morgan fingerprint density at radius 2 is 2.04 bits per heavy atom. The van der Waals surface area contributed by atoms with Gasteiger partial charge in [0.15, 0.2) is 11.5 Å². The number of rotatable bonds is 6. The van der Waals surface area contributed by atoms with Crippen LogP contribution >= 0.6 is 27.5 Å². The fourth-order valence-corrected chi connectivity index (χ4v) is 2.56. The van der Waals surface area contributed by atoms with Crippen LogP contribution in [0, 0.1) is 11.3 Å². The molecule has 0 heterocycles. The van der Waals surface area contributed by atoms with Crippen LogP contribution in [0.4, 0.5) is 0 Å². The Labute approximate surface area is 158 Å². The van der Waals surface area contributed by atoms with Crippen LogP contribution in [0.25, 0.3) is 6.08 Å². The summed E-state index contributed by atoms with van der Waals surface area (Å²) in [6, 6.07) is 12.6. The summed E-state index contributed by atoms with van der Waals surface area (Å²) in [7, 11) is 1.48. The summed E-state index contributed by atoms with van der Waals surface area (Å²) in [6.45, 7) is 0.309. The standard InChI is InChI=1S/C18H14BrClN2O3/c1-24-16-8-12(6-13(9-21)18(22)23)7-15(20)17(16)25-10-11-2-4-14(19)5-3-11/h2-8H,10H2,1H3,(H2,22,23)/b13-6+. The van der Waals surface area contributed by atoms with E-state index < -0.39 is 5.91 Å². The second-order valence-electron chi connectivity index (χ2n) is 4.98. The molecule has 2 aromatic carbocycles. The van der Waals surface area contributed by atoms with Gasteiger partial charge in [0.2, 0.25) is 0 Å². The zero-order valence-corrected chi connectivity index (χ0v) is 15.6. The third-order valence-corrected chi connectivity index (χ3v) is 4.05. The number of hydrogen-bond acceptors (Lipinski definition) is 4. The molecule has 2 aromatic rings. The molecule has 2 rings (SSSR count). The molecule has 0 aliphatic rings. The molecule has 0 atom stereocenters. The van der Waals surface area contributed by atoms with E-state index in [-0.39, 0.29) is 5.57 Å². The molecule has 1 amide bonds. The quantitative estimate of drug-likeness (QED) is 0.562. The van der Waals surface area contributed by atoms with Crippen molar-refractivity contribution in [1.29, 1.82) is 5.26 Å². The lowest BCUT2D eigenvalue weighted by Crippen LogP contribution is -2.12. The Balaban J connectivity index is 2.29. The molecule has 0 aliphatic heterocycles. The van der Waals surface area contributed by atoms with Crippen LogP contribution in [0.15, 0.2) is 46.4 Å². The first-order valence-electron chi connectivity index (χ1n) is 7.11. The number of carbonyl (C=O) groups is 1. The highest BCUT2D eigenvalue weighted by molar-refractivity contribution is 9.10. The largest absolute Gasteiger partial charge is 0.493 e. The number of methoxy groups -OCH3 is 1. The van der Waals surface area contributed by atoms with Crippen LogP contribution in [-0.2, 0) is 11.4 Å². The monoisotopic (exact) mass is 420 g/mol. The molecule has 7 heteroatoms. The van der Waals surface area contributed by atoms with Gasteiger partial charge in [0.1, 0.15) is 18.2 Å². The van der Waals surface area contributed by atoms with Gasteiger partial charge in [-0.15, -0.1) is 0 Å². The fraction of sp³-hybridized carbons (Fsp3) is 0.111. The van der Waals surface area contributed by atoms with E-state index in [9.17, 15) is 4.79 Å². The highest BCUT2D eigenvalue weighted by Crippen LogP contribution is 2.37. The average Bonchev–Trinajstić information content (AvgIpc) is 2.59. The van der Waals surface area contributed by atoms with Crippen LogP contribution in [0.3, 0.4) is 0 Å². The lowest BCUT2D eigenvalue weighted by molar-refractivity contribution is -0.114. The van der Waals surface area contributed by atoms with E-state index in [4.69, 9.17) is 32.1 Å². The molecular weight excluding hydrogens is 408 g/mol. The summed E-state index contributed by atoms with van der Waals surface area (Å²) in [4.78, 5) is 11.2. The molecule has 0 aromatic heterocycles. The average molecular weight is 422 g/mol. The number of ether oxygens (including phenoxy) is 2. The summed E-state index contributed by atoms with van der Waals surface area (Å²) in [5.74, 6) is -0.0485. The molecule has 128 valence electrons. The second-order valence-corrected chi connectivity index (χ2v) is 6.31. The van der Waals surface area contributed by atoms with Gasteiger partial charge in [-0.25, -0.2) is 0 Å². The molecule has 25 heavy (non-hydrogen) atoms. The minimum atomic E-state index is -0.812. The van der Waals surface area contributed by atoms with Crippen molar-refractivity contribution in [3.63, 3.8) is 0 Å². The third kappa shape index (κ3) is 4.99. The Morgan fingerprint density at radius 3 is 2.60 bits per heavy atom. The minimum Gasteiger partial charge on any atom is -0.493 e. The first kappa shape index (κ1) is 18.8. The molecule has 5 nitrogen and oxygen atoms in total. The van der Waals surface area contributed by atoms with E-state index in [1.165, 1.54) is 13.2 Å². The first-order chi connectivity index (χ1) is 11.9. The van der Waals surface area contributed by atoms with Crippen molar-refractivity contribution in [2.24, 2.45) is 5.73 Å². The minimum absolute atomic E-state index is 0.179. The van der Waals surface area contributed by atoms with Gasteiger partial charge in [-0.05, 0) is 41.5 Å². The van der Waals surface area contributed by atoms with Gasteiger partial charge in [0, 0.05) is 4.47 Å². The van der Waals surface area contributed by atoms with Crippen LogP contribution in [0.2, 0.25) is 5.02 Å². The summed E-state index contributed by atoms with van der Waals surface area (Å²) >= 11 is 9.65. The van der Waals surface area contributed by atoms with Crippen LogP contribution in [0.5, 0.6) is 11.5 Å². The van der Waals surface area contributed by atoms with Crippen LogP contribution < -0.4 is 15.2 Å². The van der Waals surface area contributed by atoms with E-state index in [0.29, 0.717) is 28.7 Å². The normalized spacial score (nSPS) is 10.9. The first-order valence-corrected chi connectivity index (χ1v) is 8.28. The van der Waals surface area contributed by atoms with Gasteiger partial charge < -0.3 is 15.2 Å². The zero-order chi connectivity index (χ0) is 18.4. The Kier molecular flexibility index (Phi) is 6.45. The SMILES string of the molecule is COc1cc(/C=C(\C#N)C(N)=O)cc(Cl)c1OCc1ccc(Br)cc1. The lowest BCUT2D eigenvalue weighted by atomic mass is 10.1. The van der Waals surface area contributed by atoms with E-state index in [2.05, 4.69) is 15.9 Å². The summed E-state index contributed by atoms with van der Waals surface area (Å²) < 4.78 is 12.1. The summed E-state index contributed by atoms with van der Waals surface area (Å²) in [5.41, 5.74) is 6.43. The van der Waals surface area contributed by atoms with E-state index >= 15 is 0 Å². The van der Waals surface area contributed by atoms with Gasteiger partial charge in [0.05, 0.1) is 12.1 Å². The number of benzene rings is 2. The van der Waals surface area contributed by atoms with E-state index in [1.807, 2.05) is 24.3 Å². The molecule has 0 saturated heterocycles. The third-order valence-electron chi connectivity index (χ3n) is 3.25. The van der Waals surface area contributed by atoms with Crippen molar-refractivity contribution in [1.82, 2.24) is 0 Å². The van der Waals surface area contributed by atoms with Crippen molar-refractivity contribution >= 4 is 39.5 Å². The molecule has 0 radical (unpaired) electrons. The van der Waals surface area contributed by atoms with Crippen molar-refractivity contribution in [2.45, 2.75) is 6.61 Å². The smallest absolute Gasteiger partial charge is 0.259 e. The molecular formula is C18H14BrClN2O3. The molecule has 2 N–H and O–H groups in total. The maximum Gasteiger partial charge on any atom is 0.259 e. The lowest BCUT2D eigenvalue weighted by Gasteiger charge is -2.13. The number of amides is 1. The van der Waals surface area contributed by atoms with Crippen molar-refractivity contribution < 1.29 is 14.3 Å². The number of nitrogens with two attached hydrogens (primary N) is 1. The Bertz CT molecular complexity index is 858. The zero-order valence-electron chi connectivity index (χ0n) is 13.3. The van der Waals surface area contributed by atoms with Crippen LogP contribution in [-0.4, -0.2) is 13.0 Å². The van der Waals surface area contributed by atoms with Crippen molar-refractivity contribution in [3.8, 4) is 17.6 Å². The van der Waals surface area contributed by atoms with E-state index in [0.717, 1.165) is 10.0 Å². The molecule has 0 saturated carbocycles. The molecule has 0 fully saturated rings. The maximum atomic E-state index is 11.2. The molecule has 0 unspecified atom stereocenters. The van der Waals surface area contributed by atoms with Gasteiger partial charge in [-0.1, -0.05) is 39.7 Å². The highest BCUT2D eigenvalue weighted by atomic mass is 79.9. The van der Waals surface area contributed by atoms with Gasteiger partial charge in [-0.2, -0.15) is 5.26 Å².